The quantitative estimate of drug-likeness (QED) is 0.582. The van der Waals surface area contributed by atoms with Crippen molar-refractivity contribution in [2.24, 2.45) is 0 Å². The third-order valence-corrected chi connectivity index (χ3v) is 6.00. The number of sulfonamides is 1. The summed E-state index contributed by atoms with van der Waals surface area (Å²) in [5.74, 6) is -0.220. The molecule has 7 nitrogen and oxygen atoms in total. The summed E-state index contributed by atoms with van der Waals surface area (Å²) in [5, 5.41) is 7.61. The van der Waals surface area contributed by atoms with Gasteiger partial charge in [0.15, 0.2) is 0 Å². The highest BCUT2D eigenvalue weighted by molar-refractivity contribution is 7.89. The predicted octanol–water partition coefficient (Wildman–Crippen LogP) is 0.103. The maximum Gasteiger partial charge on any atom is 0.261 e. The SMILES string of the molecule is CNS(=O)(=O)c1csc(C(=O)NCCCN2CCNCC2)c1.Cl. The zero-order chi connectivity index (χ0) is 16.0. The molecule has 1 aliphatic rings. The molecule has 2 rings (SSSR count). The zero-order valence-electron chi connectivity index (χ0n) is 13.0. The molecular formula is C13H23ClN4O3S2. The minimum atomic E-state index is -3.48. The van der Waals surface area contributed by atoms with Crippen LogP contribution < -0.4 is 15.4 Å². The first-order valence-electron chi connectivity index (χ1n) is 7.26. The van der Waals surface area contributed by atoms with E-state index in [4.69, 9.17) is 0 Å². The van der Waals surface area contributed by atoms with Crippen molar-refractivity contribution in [2.75, 3.05) is 46.3 Å². The van der Waals surface area contributed by atoms with E-state index in [0.29, 0.717) is 11.4 Å². The van der Waals surface area contributed by atoms with Gasteiger partial charge in [-0.3, -0.25) is 4.79 Å². The summed E-state index contributed by atoms with van der Waals surface area (Å²) in [6.45, 7) is 5.68. The molecule has 0 bridgehead atoms. The summed E-state index contributed by atoms with van der Waals surface area (Å²) in [4.78, 5) is 14.9. The first kappa shape index (κ1) is 20.3. The molecule has 1 aromatic rings. The third kappa shape index (κ3) is 6.02. The standard InChI is InChI=1S/C13H22N4O3S2.ClH/c1-14-22(19,20)11-9-12(21-10-11)13(18)16-3-2-6-17-7-4-15-5-8-17;/h9-10,14-15H,2-8H2,1H3,(H,16,18);1H. The van der Waals surface area contributed by atoms with Crippen LogP contribution >= 0.6 is 23.7 Å². The Morgan fingerprint density at radius 3 is 2.74 bits per heavy atom. The van der Waals surface area contributed by atoms with Crippen LogP contribution in [-0.4, -0.2) is 65.5 Å². The monoisotopic (exact) mass is 382 g/mol. The second-order valence-electron chi connectivity index (χ2n) is 5.06. The molecule has 0 spiro atoms. The smallest absolute Gasteiger partial charge is 0.261 e. The van der Waals surface area contributed by atoms with Crippen LogP contribution in [0.3, 0.4) is 0 Å². The molecular weight excluding hydrogens is 360 g/mol. The molecule has 0 radical (unpaired) electrons. The minimum absolute atomic E-state index is 0. The molecule has 132 valence electrons. The zero-order valence-corrected chi connectivity index (χ0v) is 15.5. The van der Waals surface area contributed by atoms with Crippen LogP contribution in [0.25, 0.3) is 0 Å². The fourth-order valence-corrected chi connectivity index (χ4v) is 4.14. The molecule has 1 saturated heterocycles. The second kappa shape index (κ2) is 9.55. The van der Waals surface area contributed by atoms with Crippen LogP contribution in [0.15, 0.2) is 16.3 Å². The molecule has 0 atom stereocenters. The minimum Gasteiger partial charge on any atom is -0.351 e. The van der Waals surface area contributed by atoms with Gasteiger partial charge in [-0.15, -0.1) is 23.7 Å². The van der Waals surface area contributed by atoms with Crippen molar-refractivity contribution in [3.63, 3.8) is 0 Å². The lowest BCUT2D eigenvalue weighted by atomic mass is 10.3. The highest BCUT2D eigenvalue weighted by atomic mass is 35.5. The molecule has 1 aromatic heterocycles. The van der Waals surface area contributed by atoms with Gasteiger partial charge >= 0.3 is 0 Å². The van der Waals surface area contributed by atoms with Gasteiger partial charge in [0.25, 0.3) is 5.91 Å². The summed E-state index contributed by atoms with van der Waals surface area (Å²) < 4.78 is 25.5. The van der Waals surface area contributed by atoms with E-state index in [-0.39, 0.29) is 23.2 Å². The molecule has 1 aliphatic heterocycles. The Kier molecular flexibility index (Phi) is 8.45. The number of rotatable bonds is 7. The largest absolute Gasteiger partial charge is 0.351 e. The van der Waals surface area contributed by atoms with Crippen LogP contribution in [0.1, 0.15) is 16.1 Å². The first-order valence-corrected chi connectivity index (χ1v) is 9.62. The summed E-state index contributed by atoms with van der Waals surface area (Å²) in [5.41, 5.74) is 0. The number of piperazine rings is 1. The van der Waals surface area contributed by atoms with E-state index < -0.39 is 10.0 Å². The molecule has 2 heterocycles. The van der Waals surface area contributed by atoms with Crippen LogP contribution in [0.2, 0.25) is 0 Å². The summed E-state index contributed by atoms with van der Waals surface area (Å²) in [6, 6.07) is 1.40. The maximum absolute atomic E-state index is 12.0. The number of halogens is 1. The highest BCUT2D eigenvalue weighted by Gasteiger charge is 2.17. The lowest BCUT2D eigenvalue weighted by Crippen LogP contribution is -2.44. The fraction of sp³-hybridized carbons (Fsp3) is 0.615. The van der Waals surface area contributed by atoms with Crippen molar-refractivity contribution in [1.82, 2.24) is 20.3 Å². The Labute approximate surface area is 147 Å². The van der Waals surface area contributed by atoms with Gasteiger partial charge < -0.3 is 15.5 Å². The van der Waals surface area contributed by atoms with Crippen LogP contribution in [0.5, 0.6) is 0 Å². The van der Waals surface area contributed by atoms with Gasteiger partial charge in [-0.1, -0.05) is 0 Å². The summed E-state index contributed by atoms with van der Waals surface area (Å²) in [6.07, 6.45) is 0.888. The Balaban J connectivity index is 0.00000264. The molecule has 0 saturated carbocycles. The van der Waals surface area contributed by atoms with Crippen molar-refractivity contribution in [2.45, 2.75) is 11.3 Å². The Bertz CT molecular complexity index is 600. The van der Waals surface area contributed by atoms with Gasteiger partial charge in [0.05, 0.1) is 9.77 Å². The Morgan fingerprint density at radius 2 is 2.09 bits per heavy atom. The van der Waals surface area contributed by atoms with Gasteiger partial charge in [-0.05, 0) is 26.1 Å². The molecule has 1 amide bonds. The number of nitrogens with zero attached hydrogens (tertiary/aromatic N) is 1. The van der Waals surface area contributed by atoms with Crippen molar-refractivity contribution < 1.29 is 13.2 Å². The van der Waals surface area contributed by atoms with Gasteiger partial charge in [0.1, 0.15) is 0 Å². The second-order valence-corrected chi connectivity index (χ2v) is 7.85. The number of amides is 1. The maximum atomic E-state index is 12.0. The van der Waals surface area contributed by atoms with Gasteiger partial charge in [-0.2, -0.15) is 0 Å². The fourth-order valence-electron chi connectivity index (χ4n) is 2.22. The average molecular weight is 383 g/mol. The lowest BCUT2D eigenvalue weighted by molar-refractivity contribution is 0.0955. The van der Waals surface area contributed by atoms with E-state index in [0.717, 1.165) is 50.5 Å². The van der Waals surface area contributed by atoms with Crippen LogP contribution in [-0.2, 0) is 10.0 Å². The van der Waals surface area contributed by atoms with Gasteiger partial charge in [0, 0.05) is 38.1 Å². The lowest BCUT2D eigenvalue weighted by Gasteiger charge is -2.27. The van der Waals surface area contributed by atoms with Crippen molar-refractivity contribution in [3.8, 4) is 0 Å². The number of hydrogen-bond acceptors (Lipinski definition) is 6. The third-order valence-electron chi connectivity index (χ3n) is 3.52. The Morgan fingerprint density at radius 1 is 1.39 bits per heavy atom. The number of hydrogen-bond donors (Lipinski definition) is 3. The van der Waals surface area contributed by atoms with E-state index in [1.165, 1.54) is 18.5 Å². The molecule has 0 unspecified atom stereocenters. The van der Waals surface area contributed by atoms with Crippen molar-refractivity contribution >= 4 is 39.7 Å². The first-order chi connectivity index (χ1) is 10.5. The molecule has 1 fully saturated rings. The van der Waals surface area contributed by atoms with Gasteiger partial charge in [-0.25, -0.2) is 13.1 Å². The molecule has 0 aliphatic carbocycles. The van der Waals surface area contributed by atoms with E-state index >= 15 is 0 Å². The molecule has 3 N–H and O–H groups in total. The van der Waals surface area contributed by atoms with Crippen LogP contribution in [0, 0.1) is 0 Å². The number of thiophene rings is 1. The summed E-state index contributed by atoms with van der Waals surface area (Å²) >= 11 is 1.14. The Hall–Kier alpha value is -0.710. The highest BCUT2D eigenvalue weighted by Crippen LogP contribution is 2.18. The van der Waals surface area contributed by atoms with Crippen LogP contribution in [0.4, 0.5) is 0 Å². The average Bonchev–Trinajstić information content (AvgIpc) is 3.03. The molecule has 23 heavy (non-hydrogen) atoms. The van der Waals surface area contributed by atoms with Gasteiger partial charge in [0.2, 0.25) is 10.0 Å². The topological polar surface area (TPSA) is 90.5 Å². The van der Waals surface area contributed by atoms with Crippen molar-refractivity contribution in [3.05, 3.63) is 16.3 Å². The number of carbonyl (C=O) groups excluding carboxylic acids is 1. The van der Waals surface area contributed by atoms with Crippen molar-refractivity contribution in [1.29, 1.82) is 0 Å². The van der Waals surface area contributed by atoms with E-state index in [1.54, 1.807) is 0 Å². The predicted molar refractivity (Wildman–Crippen MR) is 94.1 cm³/mol. The number of nitrogens with one attached hydrogen (secondary N) is 3. The van der Waals surface area contributed by atoms with E-state index in [9.17, 15) is 13.2 Å². The summed E-state index contributed by atoms with van der Waals surface area (Å²) in [7, 11) is -2.13. The normalized spacial score (nSPS) is 15.9. The number of carbonyl (C=O) groups is 1. The van der Waals surface area contributed by atoms with E-state index in [2.05, 4.69) is 20.3 Å². The molecule has 10 heteroatoms. The van der Waals surface area contributed by atoms with E-state index in [1.807, 2.05) is 0 Å². The molecule has 0 aromatic carbocycles.